The zero-order valence-electron chi connectivity index (χ0n) is 11.4. The Morgan fingerprint density at radius 3 is 2.74 bits per heavy atom. The van der Waals surface area contributed by atoms with Crippen LogP contribution in [-0.4, -0.2) is 29.4 Å². The number of aromatic nitrogens is 1. The average molecular weight is 262 g/mol. The van der Waals surface area contributed by atoms with E-state index in [4.69, 9.17) is 5.41 Å². The van der Waals surface area contributed by atoms with Gasteiger partial charge in [-0.3, -0.25) is 0 Å². The first-order valence-corrected chi connectivity index (χ1v) is 6.88. The Bertz CT molecular complexity index is 441. The predicted octanol–water partition coefficient (Wildman–Crippen LogP) is 2.36. The molecule has 0 spiro atoms. The van der Waals surface area contributed by atoms with Crippen LogP contribution in [0.2, 0.25) is 0 Å². The number of hydrogen-bond donors (Lipinski definition) is 4. The molecule has 1 aliphatic rings. The first-order valence-electron chi connectivity index (χ1n) is 6.88. The smallest absolute Gasteiger partial charge is 0.126 e. The van der Waals surface area contributed by atoms with Gasteiger partial charge in [-0.2, -0.15) is 0 Å². The number of rotatable bonds is 5. The highest BCUT2D eigenvalue weighted by Gasteiger charge is 2.17. The number of nitrogens with zero attached hydrogens (tertiary/aromatic N) is 1. The maximum absolute atomic E-state index is 9.48. The van der Waals surface area contributed by atoms with Crippen LogP contribution in [0.15, 0.2) is 6.07 Å². The molecule has 0 saturated heterocycles. The van der Waals surface area contributed by atoms with Crippen molar-refractivity contribution in [1.82, 2.24) is 4.98 Å². The lowest BCUT2D eigenvalue weighted by Crippen LogP contribution is -2.24. The monoisotopic (exact) mass is 262 g/mol. The Hall–Kier alpha value is -1.62. The maximum Gasteiger partial charge on any atom is 0.126 e. The summed E-state index contributed by atoms with van der Waals surface area (Å²) < 4.78 is 0. The molecule has 2 rings (SSSR count). The van der Waals surface area contributed by atoms with Crippen LogP contribution in [0.1, 0.15) is 43.4 Å². The summed E-state index contributed by atoms with van der Waals surface area (Å²) in [5.41, 5.74) is 2.19. The Kier molecular flexibility index (Phi) is 4.74. The molecule has 19 heavy (non-hydrogen) atoms. The van der Waals surface area contributed by atoms with Crippen LogP contribution in [0.25, 0.3) is 0 Å². The van der Waals surface area contributed by atoms with E-state index in [1.165, 1.54) is 25.5 Å². The van der Waals surface area contributed by atoms with E-state index >= 15 is 0 Å². The van der Waals surface area contributed by atoms with Crippen molar-refractivity contribution in [2.24, 2.45) is 0 Å². The Balaban J connectivity index is 2.28. The van der Waals surface area contributed by atoms with E-state index in [0.717, 1.165) is 24.1 Å². The SMILES string of the molecule is CNc1cc(C=N)c(NC2CCCCC2)c(CO)n1. The van der Waals surface area contributed by atoms with Gasteiger partial charge in [-0.25, -0.2) is 4.98 Å². The third-order valence-corrected chi connectivity index (χ3v) is 3.64. The summed E-state index contributed by atoms with van der Waals surface area (Å²) in [5.74, 6) is 0.678. The normalized spacial score (nSPS) is 16.1. The van der Waals surface area contributed by atoms with Crippen molar-refractivity contribution in [3.63, 3.8) is 0 Å². The van der Waals surface area contributed by atoms with Crippen molar-refractivity contribution in [3.05, 3.63) is 17.3 Å². The lowest BCUT2D eigenvalue weighted by Gasteiger charge is -2.26. The summed E-state index contributed by atoms with van der Waals surface area (Å²) in [7, 11) is 1.78. The van der Waals surface area contributed by atoms with E-state index in [1.54, 1.807) is 7.05 Å². The van der Waals surface area contributed by atoms with Gasteiger partial charge in [0.25, 0.3) is 0 Å². The molecule has 0 bridgehead atoms. The van der Waals surface area contributed by atoms with Gasteiger partial charge in [-0.05, 0) is 18.9 Å². The third kappa shape index (κ3) is 3.23. The molecule has 1 heterocycles. The minimum absolute atomic E-state index is 0.120. The van der Waals surface area contributed by atoms with Crippen LogP contribution in [0.5, 0.6) is 0 Å². The molecule has 0 atom stereocenters. The van der Waals surface area contributed by atoms with Crippen molar-refractivity contribution in [2.75, 3.05) is 17.7 Å². The first kappa shape index (κ1) is 13.8. The molecule has 1 aliphatic carbocycles. The minimum atomic E-state index is -0.120. The van der Waals surface area contributed by atoms with Gasteiger partial charge < -0.3 is 21.1 Å². The van der Waals surface area contributed by atoms with Gasteiger partial charge in [0, 0.05) is 24.9 Å². The van der Waals surface area contributed by atoms with Crippen LogP contribution in [0.4, 0.5) is 11.5 Å². The summed E-state index contributed by atoms with van der Waals surface area (Å²) in [5, 5.41) is 23.4. The molecule has 1 saturated carbocycles. The largest absolute Gasteiger partial charge is 0.390 e. The summed E-state index contributed by atoms with van der Waals surface area (Å²) in [6.45, 7) is -0.120. The topological polar surface area (TPSA) is 81.0 Å². The molecule has 0 unspecified atom stereocenters. The van der Waals surface area contributed by atoms with Crippen LogP contribution in [0, 0.1) is 5.41 Å². The van der Waals surface area contributed by atoms with Crippen LogP contribution in [0.3, 0.4) is 0 Å². The number of aliphatic hydroxyl groups excluding tert-OH is 1. The zero-order chi connectivity index (χ0) is 13.7. The van der Waals surface area contributed by atoms with E-state index in [1.807, 2.05) is 6.07 Å². The minimum Gasteiger partial charge on any atom is -0.390 e. The molecule has 0 amide bonds. The highest BCUT2D eigenvalue weighted by Crippen LogP contribution is 2.27. The Morgan fingerprint density at radius 1 is 1.42 bits per heavy atom. The van der Waals surface area contributed by atoms with Gasteiger partial charge in [0.1, 0.15) is 5.82 Å². The highest BCUT2D eigenvalue weighted by atomic mass is 16.3. The van der Waals surface area contributed by atoms with Crippen molar-refractivity contribution in [2.45, 2.75) is 44.8 Å². The van der Waals surface area contributed by atoms with Gasteiger partial charge in [-0.1, -0.05) is 19.3 Å². The fourth-order valence-electron chi connectivity index (χ4n) is 2.59. The van der Waals surface area contributed by atoms with Gasteiger partial charge in [0.05, 0.1) is 18.0 Å². The molecule has 104 valence electrons. The Labute approximate surface area is 114 Å². The lowest BCUT2D eigenvalue weighted by molar-refractivity contribution is 0.277. The highest BCUT2D eigenvalue weighted by molar-refractivity contribution is 5.88. The van der Waals surface area contributed by atoms with Crippen molar-refractivity contribution in [3.8, 4) is 0 Å². The second kappa shape index (κ2) is 6.52. The molecule has 1 fully saturated rings. The average Bonchev–Trinajstić information content (AvgIpc) is 2.48. The predicted molar refractivity (Wildman–Crippen MR) is 78.1 cm³/mol. The van der Waals surface area contributed by atoms with Crippen LogP contribution in [-0.2, 0) is 6.61 Å². The standard InChI is InChI=1S/C14H22N4O/c1-16-13-7-10(8-15)14(12(9-19)18-13)17-11-5-3-2-4-6-11/h7-8,11,15,17,19H,2-6,9H2,1H3,(H,16,18). The van der Waals surface area contributed by atoms with Crippen LogP contribution < -0.4 is 10.6 Å². The summed E-state index contributed by atoms with van der Waals surface area (Å²) in [6, 6.07) is 2.26. The molecule has 5 nitrogen and oxygen atoms in total. The van der Waals surface area contributed by atoms with E-state index in [9.17, 15) is 5.11 Å². The second-order valence-corrected chi connectivity index (χ2v) is 4.95. The summed E-state index contributed by atoms with van der Waals surface area (Å²) in [6.07, 6.45) is 7.40. The van der Waals surface area contributed by atoms with Crippen molar-refractivity contribution in [1.29, 1.82) is 5.41 Å². The number of hydrogen-bond acceptors (Lipinski definition) is 5. The quantitative estimate of drug-likeness (QED) is 0.614. The first-order chi connectivity index (χ1) is 9.28. The lowest BCUT2D eigenvalue weighted by atomic mass is 9.95. The van der Waals surface area contributed by atoms with E-state index < -0.39 is 0 Å². The molecule has 0 aromatic carbocycles. The molecule has 5 heteroatoms. The molecular weight excluding hydrogens is 240 g/mol. The number of aliphatic hydroxyl groups is 1. The van der Waals surface area contributed by atoms with Crippen molar-refractivity contribution < 1.29 is 5.11 Å². The van der Waals surface area contributed by atoms with E-state index in [0.29, 0.717) is 17.6 Å². The van der Waals surface area contributed by atoms with E-state index in [2.05, 4.69) is 15.6 Å². The molecule has 0 radical (unpaired) electrons. The summed E-state index contributed by atoms with van der Waals surface area (Å²) in [4.78, 5) is 4.36. The number of anilines is 2. The van der Waals surface area contributed by atoms with Gasteiger partial charge in [-0.15, -0.1) is 0 Å². The molecule has 4 N–H and O–H groups in total. The number of nitrogens with one attached hydrogen (secondary N) is 3. The third-order valence-electron chi connectivity index (χ3n) is 3.64. The maximum atomic E-state index is 9.48. The fourth-order valence-corrected chi connectivity index (χ4v) is 2.59. The van der Waals surface area contributed by atoms with Crippen LogP contribution >= 0.6 is 0 Å². The zero-order valence-corrected chi connectivity index (χ0v) is 11.4. The van der Waals surface area contributed by atoms with Gasteiger partial charge in [0.15, 0.2) is 0 Å². The molecular formula is C14H22N4O. The summed E-state index contributed by atoms with van der Waals surface area (Å²) >= 11 is 0. The Morgan fingerprint density at radius 2 is 2.16 bits per heavy atom. The molecule has 1 aromatic heterocycles. The molecule has 1 aromatic rings. The van der Waals surface area contributed by atoms with E-state index in [-0.39, 0.29) is 6.61 Å². The fraction of sp³-hybridized carbons (Fsp3) is 0.571. The molecule has 0 aliphatic heterocycles. The second-order valence-electron chi connectivity index (χ2n) is 4.95. The van der Waals surface area contributed by atoms with Crippen molar-refractivity contribution >= 4 is 17.7 Å². The van der Waals surface area contributed by atoms with Gasteiger partial charge >= 0.3 is 0 Å². The number of pyridine rings is 1. The van der Waals surface area contributed by atoms with Gasteiger partial charge in [0.2, 0.25) is 0 Å².